The normalized spacial score (nSPS) is 11.4. The molecule has 3 aromatic rings. The minimum absolute atomic E-state index is 0. The molecule has 0 radical (unpaired) electrons. The summed E-state index contributed by atoms with van der Waals surface area (Å²) in [6.07, 6.45) is 1.03. The molecule has 1 aliphatic carbocycles. The monoisotopic (exact) mass is 544 g/mol. The Kier molecular flexibility index (Phi) is 12.2. The molecule has 4 rings (SSSR count). The number of hydrogen-bond acceptors (Lipinski definition) is 0. The molecule has 0 nitrogen and oxygen atoms in total. The van der Waals surface area contributed by atoms with Gasteiger partial charge >= 0.3 is 28.4 Å². The van der Waals surface area contributed by atoms with Gasteiger partial charge in [0.05, 0.1) is 0 Å². The van der Waals surface area contributed by atoms with Crippen molar-refractivity contribution in [3.63, 3.8) is 0 Å². The summed E-state index contributed by atoms with van der Waals surface area (Å²) in [5.41, 5.74) is 11.5. The van der Waals surface area contributed by atoms with Gasteiger partial charge in [0, 0.05) is 0 Å². The van der Waals surface area contributed by atoms with Crippen LogP contribution in [0.25, 0.3) is 11.1 Å². The van der Waals surface area contributed by atoms with Crippen molar-refractivity contribution in [2.75, 3.05) is 0 Å². The van der Waals surface area contributed by atoms with E-state index in [0.29, 0.717) is 0 Å². The molecule has 0 aliphatic heterocycles. The van der Waals surface area contributed by atoms with Crippen LogP contribution in [-0.2, 0) is 41.5 Å². The van der Waals surface area contributed by atoms with Crippen molar-refractivity contribution < 1.29 is 49.0 Å². The van der Waals surface area contributed by atoms with E-state index < -0.39 is 0 Å². The van der Waals surface area contributed by atoms with Crippen LogP contribution in [0.5, 0.6) is 0 Å². The average molecular weight is 547 g/mol. The van der Waals surface area contributed by atoms with E-state index in [1.54, 1.807) is 0 Å². The summed E-state index contributed by atoms with van der Waals surface area (Å²) in [4.78, 5) is 0. The zero-order chi connectivity index (χ0) is 22.7. The van der Waals surface area contributed by atoms with Crippen LogP contribution >= 0.6 is 0 Å². The predicted molar refractivity (Wildman–Crippen MR) is 130 cm³/mol. The maximum absolute atomic E-state index is 3.53. The second kappa shape index (κ2) is 12.5. The van der Waals surface area contributed by atoms with E-state index in [4.69, 9.17) is 0 Å². The summed E-state index contributed by atoms with van der Waals surface area (Å²) in [6, 6.07) is 21.5. The molecule has 0 spiro atoms. The van der Waals surface area contributed by atoms with Crippen molar-refractivity contribution in [3.8, 4) is 11.1 Å². The first-order valence-corrected chi connectivity index (χ1v) is 12.4. The Morgan fingerprint density at radius 2 is 1.41 bits per heavy atom. The summed E-state index contributed by atoms with van der Waals surface area (Å²) in [5, 5.41) is 0. The van der Waals surface area contributed by atoms with E-state index >= 15 is 0 Å². The molecule has 0 amide bonds. The van der Waals surface area contributed by atoms with Gasteiger partial charge in [-0.3, -0.25) is 0 Å². The van der Waals surface area contributed by atoms with E-state index in [-0.39, 0.29) is 35.6 Å². The average Bonchev–Trinajstić information content (AvgIpc) is 3.23. The fraction of sp³-hybridized carbons (Fsp3) is 0.379. The maximum Gasteiger partial charge on any atom is -1.00 e. The molecule has 0 unspecified atom stereocenters. The van der Waals surface area contributed by atoms with Gasteiger partial charge in [0.25, 0.3) is 0 Å². The third-order valence-electron chi connectivity index (χ3n) is 5.59. The molecule has 172 valence electrons. The largest absolute Gasteiger partial charge is 1.00 e. The predicted octanol–water partition coefficient (Wildman–Crippen LogP) is 1.65. The van der Waals surface area contributed by atoms with Crippen LogP contribution in [0.2, 0.25) is 0 Å². The van der Waals surface area contributed by atoms with E-state index in [1.165, 1.54) is 68.7 Å². The standard InChI is InChI=1S/C21H25.C7H9.CH2.2ClH.Zr/c1-20(2,3)16-9-7-14-11-15-8-10-17(21(4,5)6)13-19(15)18(14)12-16;1-6-3-4-7(2)5-6;;;;/h7,9-10,12-13H,11H2,1-6H3;3-5H,1-2H3;1H2;2*1H;/q2*-1;;;;+2/p-2. The van der Waals surface area contributed by atoms with Crippen molar-refractivity contribution in [3.05, 3.63) is 88.0 Å². The van der Waals surface area contributed by atoms with Crippen LogP contribution in [0.1, 0.15) is 74.9 Å². The van der Waals surface area contributed by atoms with E-state index in [9.17, 15) is 0 Å². The Bertz CT molecular complexity index is 923. The molecule has 0 atom stereocenters. The zero-order valence-corrected chi connectivity index (χ0v) is 24.8. The molecule has 0 fully saturated rings. The summed E-state index contributed by atoms with van der Waals surface area (Å²) in [7, 11) is 0. The van der Waals surface area contributed by atoms with Crippen LogP contribution < -0.4 is 24.8 Å². The molecule has 32 heavy (non-hydrogen) atoms. The molecule has 0 bridgehead atoms. The zero-order valence-electron chi connectivity index (χ0n) is 20.8. The van der Waals surface area contributed by atoms with Crippen LogP contribution in [0, 0.1) is 19.9 Å². The van der Waals surface area contributed by atoms with Gasteiger partial charge in [-0.25, -0.2) is 11.6 Å². The minimum atomic E-state index is 0. The fourth-order valence-electron chi connectivity index (χ4n) is 3.70. The van der Waals surface area contributed by atoms with Gasteiger partial charge < -0.3 is 24.8 Å². The van der Waals surface area contributed by atoms with Gasteiger partial charge in [-0.1, -0.05) is 90.1 Å². The summed E-state index contributed by atoms with van der Waals surface area (Å²) < 4.78 is 3.34. The first-order chi connectivity index (χ1) is 13.9. The topological polar surface area (TPSA) is 0 Å². The molecular weight excluding hydrogens is 510 g/mol. The van der Waals surface area contributed by atoms with Crippen LogP contribution in [0.15, 0.2) is 48.5 Å². The number of halogens is 2. The van der Waals surface area contributed by atoms with Crippen LogP contribution in [-0.4, -0.2) is 4.21 Å². The molecule has 0 N–H and O–H groups in total. The van der Waals surface area contributed by atoms with Gasteiger partial charge in [-0.15, -0.1) is 5.56 Å². The number of benzene rings is 2. The Morgan fingerprint density at radius 3 is 1.84 bits per heavy atom. The van der Waals surface area contributed by atoms with Crippen LogP contribution in [0.3, 0.4) is 0 Å². The van der Waals surface area contributed by atoms with Crippen molar-refractivity contribution >= 4 is 4.21 Å². The van der Waals surface area contributed by atoms with Gasteiger partial charge in [-0.05, 0) is 17.4 Å². The molecule has 0 saturated heterocycles. The molecular formula is C29H36Cl2Zr-2. The van der Waals surface area contributed by atoms with Crippen LogP contribution in [0.4, 0.5) is 0 Å². The Hall–Kier alpha value is -0.877. The summed E-state index contributed by atoms with van der Waals surface area (Å²) in [5.74, 6) is 0. The SMILES string of the molecule is CC(C)(C)c1c[c-]c2c(c1)-c1cc(C(C)(C)C)ccc1C2.Cc1c[cH-]c(C)c1.[CH2]=[Zr+2].[Cl-].[Cl-]. The second-order valence-electron chi connectivity index (χ2n) is 10.3. The summed E-state index contributed by atoms with van der Waals surface area (Å²) >= 11 is 1.30. The van der Waals surface area contributed by atoms with Crippen molar-refractivity contribution in [2.24, 2.45) is 0 Å². The number of aryl methyl sites for hydroxylation is 2. The summed E-state index contributed by atoms with van der Waals surface area (Å²) in [6.45, 7) is 17.9. The molecule has 0 saturated carbocycles. The third-order valence-corrected chi connectivity index (χ3v) is 5.59. The quantitative estimate of drug-likeness (QED) is 0.295. The Balaban J connectivity index is 0.000000745. The first-order valence-electron chi connectivity index (χ1n) is 10.7. The minimum Gasteiger partial charge on any atom is -1.00 e. The molecule has 0 aromatic heterocycles. The smallest absolute Gasteiger partial charge is 1.00 e. The van der Waals surface area contributed by atoms with E-state index in [0.717, 1.165) is 6.42 Å². The molecule has 1 aliphatic rings. The first kappa shape index (κ1) is 31.1. The Labute approximate surface area is 223 Å². The van der Waals surface area contributed by atoms with E-state index in [1.807, 2.05) is 0 Å². The number of hydrogen-bond donors (Lipinski definition) is 0. The third kappa shape index (κ3) is 7.86. The number of rotatable bonds is 0. The fourth-order valence-corrected chi connectivity index (χ4v) is 3.70. The van der Waals surface area contributed by atoms with Crippen molar-refractivity contribution in [1.82, 2.24) is 0 Å². The van der Waals surface area contributed by atoms with E-state index in [2.05, 4.69) is 114 Å². The van der Waals surface area contributed by atoms with Gasteiger partial charge in [0.2, 0.25) is 0 Å². The molecule has 0 heterocycles. The van der Waals surface area contributed by atoms with Crippen molar-refractivity contribution in [1.29, 1.82) is 0 Å². The number of fused-ring (bicyclic) bond motifs is 3. The second-order valence-corrected chi connectivity index (χ2v) is 10.3. The van der Waals surface area contributed by atoms with Gasteiger partial charge in [-0.2, -0.15) is 47.0 Å². The molecule has 3 aromatic carbocycles. The van der Waals surface area contributed by atoms with Gasteiger partial charge in [0.1, 0.15) is 0 Å². The molecule has 3 heteroatoms. The maximum atomic E-state index is 3.53. The Morgan fingerprint density at radius 1 is 0.844 bits per heavy atom. The van der Waals surface area contributed by atoms with Gasteiger partial charge in [0.15, 0.2) is 0 Å². The van der Waals surface area contributed by atoms with Crippen molar-refractivity contribution in [2.45, 2.75) is 72.6 Å².